The first-order valence-corrected chi connectivity index (χ1v) is 10.1. The summed E-state index contributed by atoms with van der Waals surface area (Å²) in [6.07, 6.45) is 1.04. The van der Waals surface area contributed by atoms with Crippen molar-refractivity contribution in [2.75, 3.05) is 0 Å². The van der Waals surface area contributed by atoms with Gasteiger partial charge >= 0.3 is 0 Å². The lowest BCUT2D eigenvalue weighted by molar-refractivity contribution is -2.00. The first-order valence-electron chi connectivity index (χ1n) is 8.88. The first-order chi connectivity index (χ1) is 13.1. The predicted molar refractivity (Wildman–Crippen MR) is 96.4 cm³/mol. The first kappa shape index (κ1) is 22.0. The Hall–Kier alpha value is -2.28. The van der Waals surface area contributed by atoms with Crippen molar-refractivity contribution in [2.45, 2.75) is 33.7 Å². The molecule has 0 spiro atoms. The number of halogens is 1. The van der Waals surface area contributed by atoms with Crippen LogP contribution in [0, 0.1) is 31.0 Å². The second-order valence-electron chi connectivity index (χ2n) is 6.62. The van der Waals surface area contributed by atoms with Crippen LogP contribution in [0.15, 0.2) is 66.7 Å². The Labute approximate surface area is 167 Å². The van der Waals surface area contributed by atoms with Gasteiger partial charge in [-0.1, -0.05) is 54.6 Å². The molecule has 2 aromatic carbocycles. The van der Waals surface area contributed by atoms with Gasteiger partial charge in [0.1, 0.15) is 0 Å². The summed E-state index contributed by atoms with van der Waals surface area (Å²) in [5.41, 5.74) is 8.05. The topological polar surface area (TPSA) is 96.1 Å². The number of pyridine rings is 1. The summed E-state index contributed by atoms with van der Waals surface area (Å²) in [4.78, 5) is 0. The Morgan fingerprint density at radius 3 is 1.82 bits per heavy atom. The molecule has 28 heavy (non-hydrogen) atoms. The molecule has 0 N–H and O–H groups in total. The van der Waals surface area contributed by atoms with E-state index in [1.165, 1.54) is 33.6 Å². The molecular formula is C22H24ClNO4. The van der Waals surface area contributed by atoms with Gasteiger partial charge in [-0.05, 0) is 29.2 Å². The Bertz CT molecular complexity index is 879. The Kier molecular flexibility index (Phi) is 7.69. The fourth-order valence-electron chi connectivity index (χ4n) is 3.36. The van der Waals surface area contributed by atoms with Crippen molar-refractivity contribution in [3.8, 4) is 11.1 Å². The molecule has 5 nitrogen and oxygen atoms in total. The number of hydrogen-bond donors (Lipinski definition) is 0. The van der Waals surface area contributed by atoms with Crippen LogP contribution in [-0.2, 0) is 13.0 Å². The van der Waals surface area contributed by atoms with E-state index in [4.69, 9.17) is 18.6 Å². The second-order valence-corrected chi connectivity index (χ2v) is 7.37. The lowest BCUT2D eigenvalue weighted by atomic mass is 9.97. The minimum atomic E-state index is -4.94. The molecule has 0 saturated heterocycles. The number of aryl methyl sites for hydroxylation is 4. The van der Waals surface area contributed by atoms with Crippen molar-refractivity contribution in [3.05, 3.63) is 89.2 Å². The molecule has 1 heterocycles. The maximum absolute atomic E-state index is 8.49. The van der Waals surface area contributed by atoms with Gasteiger partial charge in [-0.3, -0.25) is 0 Å². The molecule has 0 fully saturated rings. The molecule has 0 radical (unpaired) electrons. The van der Waals surface area contributed by atoms with Gasteiger partial charge in [0.05, 0.1) is 0 Å². The van der Waals surface area contributed by atoms with Crippen LogP contribution in [-0.4, -0.2) is 0 Å². The average Bonchev–Trinajstić information content (AvgIpc) is 2.60. The van der Waals surface area contributed by atoms with Crippen LogP contribution in [0.5, 0.6) is 0 Å². The molecular weight excluding hydrogens is 378 g/mol. The molecule has 3 rings (SSSR count). The summed E-state index contributed by atoms with van der Waals surface area (Å²) in [5.74, 6) is 0. The summed E-state index contributed by atoms with van der Waals surface area (Å²) in [6.45, 7) is 7.57. The van der Waals surface area contributed by atoms with Crippen molar-refractivity contribution in [1.82, 2.24) is 0 Å². The zero-order valence-corrected chi connectivity index (χ0v) is 17.0. The highest BCUT2D eigenvalue weighted by Crippen LogP contribution is 2.23. The number of hydrogen-bond acceptors (Lipinski definition) is 4. The molecule has 1 aromatic heterocycles. The predicted octanol–water partition coefficient (Wildman–Crippen LogP) is 0.0531. The molecule has 0 bridgehead atoms. The van der Waals surface area contributed by atoms with E-state index in [-0.39, 0.29) is 0 Å². The highest BCUT2D eigenvalue weighted by atomic mass is 35.7. The highest BCUT2D eigenvalue weighted by Gasteiger charge is 2.13. The molecule has 0 unspecified atom stereocenters. The van der Waals surface area contributed by atoms with E-state index in [1.54, 1.807) is 0 Å². The Morgan fingerprint density at radius 2 is 1.25 bits per heavy atom. The van der Waals surface area contributed by atoms with E-state index in [1.807, 2.05) is 0 Å². The minimum Gasteiger partial charge on any atom is -0.222 e. The van der Waals surface area contributed by atoms with Crippen LogP contribution < -0.4 is 23.2 Å². The van der Waals surface area contributed by atoms with Crippen molar-refractivity contribution in [2.24, 2.45) is 0 Å². The van der Waals surface area contributed by atoms with Gasteiger partial charge in [-0.15, -0.1) is 10.2 Å². The molecule has 0 saturated carbocycles. The van der Waals surface area contributed by atoms with Gasteiger partial charge in [0, 0.05) is 32.4 Å². The number of rotatable bonds is 4. The van der Waals surface area contributed by atoms with Crippen molar-refractivity contribution < 1.29 is 33.4 Å². The smallest absolute Gasteiger partial charge is 0.178 e. The van der Waals surface area contributed by atoms with Crippen LogP contribution in [0.2, 0.25) is 0 Å². The van der Waals surface area contributed by atoms with Crippen molar-refractivity contribution >= 4 is 0 Å². The average molecular weight is 402 g/mol. The lowest BCUT2D eigenvalue weighted by Crippen LogP contribution is -2.68. The summed E-state index contributed by atoms with van der Waals surface area (Å²) in [6, 6.07) is 23.9. The standard InChI is InChI=1S/C22H24N.ClHO4/c1-17-15-18(2)23(19(3)16-17)14-13-21-11-7-8-12-22(21)20-9-5-4-6-10-20;2-1(3,4)5/h4-12,15-16H,13-14H2,1-3H3;(H,2,3,4,5)/q+1;/p-1. The van der Waals surface area contributed by atoms with Crippen molar-refractivity contribution in [1.29, 1.82) is 0 Å². The van der Waals surface area contributed by atoms with E-state index >= 15 is 0 Å². The zero-order chi connectivity index (χ0) is 20.7. The Balaban J connectivity index is 0.000000500. The largest absolute Gasteiger partial charge is 0.222 e. The maximum atomic E-state index is 8.49. The fourth-order valence-corrected chi connectivity index (χ4v) is 3.36. The van der Waals surface area contributed by atoms with Gasteiger partial charge < -0.3 is 0 Å². The molecule has 6 heteroatoms. The van der Waals surface area contributed by atoms with Gasteiger partial charge in [0.25, 0.3) is 0 Å². The van der Waals surface area contributed by atoms with E-state index in [9.17, 15) is 0 Å². The molecule has 0 aliphatic rings. The van der Waals surface area contributed by atoms with Crippen LogP contribution in [0.3, 0.4) is 0 Å². The molecule has 3 aromatic rings. The van der Waals surface area contributed by atoms with Crippen LogP contribution in [0.4, 0.5) is 0 Å². The molecule has 0 amide bonds. The molecule has 0 atom stereocenters. The third kappa shape index (κ3) is 7.03. The van der Waals surface area contributed by atoms with E-state index in [0.717, 1.165) is 13.0 Å². The van der Waals surface area contributed by atoms with Crippen LogP contribution in [0.25, 0.3) is 11.1 Å². The summed E-state index contributed by atoms with van der Waals surface area (Å²) in [5, 5.41) is 0. The van der Waals surface area contributed by atoms with E-state index in [0.29, 0.717) is 0 Å². The SMILES string of the molecule is Cc1cc(C)[n+](CCc2ccccc2-c2ccccc2)c(C)c1.[O-][Cl+3]([O-])([O-])[O-]. The number of aromatic nitrogens is 1. The van der Waals surface area contributed by atoms with E-state index in [2.05, 4.69) is 92.1 Å². The zero-order valence-electron chi connectivity index (χ0n) is 16.2. The monoisotopic (exact) mass is 401 g/mol. The van der Waals surface area contributed by atoms with Gasteiger partial charge in [0.15, 0.2) is 17.9 Å². The third-order valence-corrected chi connectivity index (χ3v) is 4.43. The van der Waals surface area contributed by atoms with Crippen LogP contribution in [0.1, 0.15) is 22.5 Å². The lowest BCUT2D eigenvalue weighted by Gasteiger charge is -2.17. The summed E-state index contributed by atoms with van der Waals surface area (Å²) < 4.78 is 36.4. The highest BCUT2D eigenvalue weighted by molar-refractivity contribution is 5.67. The maximum Gasteiger partial charge on any atom is 0.178 e. The molecule has 0 aliphatic carbocycles. The second kappa shape index (κ2) is 9.78. The van der Waals surface area contributed by atoms with Crippen LogP contribution >= 0.6 is 0 Å². The minimum absolute atomic E-state index is 1.02. The summed E-state index contributed by atoms with van der Waals surface area (Å²) >= 11 is 0. The molecule has 0 aliphatic heterocycles. The number of nitrogens with zero attached hydrogens (tertiary/aromatic N) is 1. The van der Waals surface area contributed by atoms with E-state index < -0.39 is 10.2 Å². The van der Waals surface area contributed by atoms with Gasteiger partial charge in [-0.25, -0.2) is 18.6 Å². The quantitative estimate of drug-likeness (QED) is 0.577. The van der Waals surface area contributed by atoms with Gasteiger partial charge in [0.2, 0.25) is 0 Å². The Morgan fingerprint density at radius 1 is 0.750 bits per heavy atom. The third-order valence-electron chi connectivity index (χ3n) is 4.43. The van der Waals surface area contributed by atoms with Crippen molar-refractivity contribution in [3.63, 3.8) is 0 Å². The normalized spacial score (nSPS) is 11.0. The van der Waals surface area contributed by atoms with Gasteiger partial charge in [-0.2, -0.15) is 4.57 Å². The summed E-state index contributed by atoms with van der Waals surface area (Å²) in [7, 11) is -4.94. The fraction of sp³-hybridized carbons (Fsp3) is 0.227. The molecule has 148 valence electrons. The number of benzene rings is 2.